The Morgan fingerprint density at radius 3 is 2.35 bits per heavy atom. The molecule has 0 saturated heterocycles. The fraction of sp³-hybridized carbons (Fsp3) is 0.583. The van der Waals surface area contributed by atoms with Gasteiger partial charge in [0, 0.05) is 36.9 Å². The van der Waals surface area contributed by atoms with Crippen LogP contribution in [0.15, 0.2) is 35.3 Å². The van der Waals surface area contributed by atoms with Crippen molar-refractivity contribution in [2.45, 2.75) is 72.5 Å². The maximum Gasteiger partial charge on any atom is 0.191 e. The SMILES string of the molecule is CCNC(=NCC(C)(C)NC(C)c1ccccc1)NC(C)Cc1c(C)nn(C)c1C.I. The van der Waals surface area contributed by atoms with Crippen LogP contribution >= 0.6 is 24.0 Å². The highest BCUT2D eigenvalue weighted by Gasteiger charge is 2.21. The Morgan fingerprint density at radius 2 is 1.81 bits per heavy atom. The van der Waals surface area contributed by atoms with Gasteiger partial charge in [0.1, 0.15) is 0 Å². The number of aliphatic imine (C=N–C) groups is 1. The van der Waals surface area contributed by atoms with Crippen LogP contribution in [0.4, 0.5) is 0 Å². The summed E-state index contributed by atoms with van der Waals surface area (Å²) in [5.41, 5.74) is 4.80. The van der Waals surface area contributed by atoms with Gasteiger partial charge in [-0.3, -0.25) is 9.67 Å². The van der Waals surface area contributed by atoms with Gasteiger partial charge in [-0.25, -0.2) is 0 Å². The van der Waals surface area contributed by atoms with Crippen molar-refractivity contribution in [3.63, 3.8) is 0 Å². The number of halogens is 1. The molecule has 174 valence electrons. The van der Waals surface area contributed by atoms with Crippen molar-refractivity contribution in [3.05, 3.63) is 52.8 Å². The van der Waals surface area contributed by atoms with Gasteiger partial charge in [-0.1, -0.05) is 30.3 Å². The number of hydrogen-bond donors (Lipinski definition) is 3. The predicted molar refractivity (Wildman–Crippen MR) is 142 cm³/mol. The van der Waals surface area contributed by atoms with E-state index in [0.29, 0.717) is 6.54 Å². The van der Waals surface area contributed by atoms with Crippen LogP contribution < -0.4 is 16.0 Å². The van der Waals surface area contributed by atoms with Crippen molar-refractivity contribution in [2.75, 3.05) is 13.1 Å². The Labute approximate surface area is 205 Å². The normalized spacial score (nSPS) is 14.0. The third-order valence-corrected chi connectivity index (χ3v) is 5.44. The van der Waals surface area contributed by atoms with E-state index in [4.69, 9.17) is 4.99 Å². The molecule has 7 heteroatoms. The van der Waals surface area contributed by atoms with Gasteiger partial charge < -0.3 is 16.0 Å². The highest BCUT2D eigenvalue weighted by atomic mass is 127. The molecule has 6 nitrogen and oxygen atoms in total. The zero-order chi connectivity index (χ0) is 22.3. The monoisotopic (exact) mass is 540 g/mol. The Balaban J connectivity index is 0.00000480. The molecule has 2 unspecified atom stereocenters. The predicted octanol–water partition coefficient (Wildman–Crippen LogP) is 4.27. The lowest BCUT2D eigenvalue weighted by Gasteiger charge is -2.29. The van der Waals surface area contributed by atoms with E-state index in [-0.39, 0.29) is 41.6 Å². The van der Waals surface area contributed by atoms with Crippen LogP contribution in [0.1, 0.15) is 63.2 Å². The summed E-state index contributed by atoms with van der Waals surface area (Å²) < 4.78 is 1.96. The van der Waals surface area contributed by atoms with Crippen LogP contribution in [0.25, 0.3) is 0 Å². The summed E-state index contributed by atoms with van der Waals surface area (Å²) in [5.74, 6) is 0.853. The lowest BCUT2D eigenvalue weighted by Crippen LogP contribution is -2.47. The summed E-state index contributed by atoms with van der Waals surface area (Å²) in [6, 6.07) is 11.1. The fourth-order valence-corrected chi connectivity index (χ4v) is 3.76. The van der Waals surface area contributed by atoms with Gasteiger partial charge in [0.25, 0.3) is 0 Å². The maximum absolute atomic E-state index is 4.87. The zero-order valence-corrected chi connectivity index (χ0v) is 22.7. The number of aromatic nitrogens is 2. The first-order chi connectivity index (χ1) is 14.1. The first-order valence-electron chi connectivity index (χ1n) is 11.0. The van der Waals surface area contributed by atoms with E-state index < -0.39 is 0 Å². The first kappa shape index (κ1) is 27.4. The molecule has 0 amide bonds. The number of rotatable bonds is 9. The summed E-state index contributed by atoms with van der Waals surface area (Å²) >= 11 is 0. The summed E-state index contributed by atoms with van der Waals surface area (Å²) in [6.45, 7) is 16.6. The molecule has 1 aromatic heterocycles. The molecule has 0 bridgehead atoms. The van der Waals surface area contributed by atoms with Crippen LogP contribution in [0, 0.1) is 13.8 Å². The molecule has 0 saturated carbocycles. The molecule has 1 aromatic carbocycles. The quantitative estimate of drug-likeness (QED) is 0.253. The third-order valence-electron chi connectivity index (χ3n) is 5.44. The van der Waals surface area contributed by atoms with Crippen molar-refractivity contribution in [2.24, 2.45) is 12.0 Å². The molecule has 0 aliphatic carbocycles. The van der Waals surface area contributed by atoms with Crippen LogP contribution in [-0.2, 0) is 13.5 Å². The fourth-order valence-electron chi connectivity index (χ4n) is 3.76. The largest absolute Gasteiger partial charge is 0.357 e. The van der Waals surface area contributed by atoms with Gasteiger partial charge in [-0.15, -0.1) is 24.0 Å². The van der Waals surface area contributed by atoms with Crippen LogP contribution in [0.5, 0.6) is 0 Å². The first-order valence-corrected chi connectivity index (χ1v) is 11.0. The molecule has 2 rings (SSSR count). The maximum atomic E-state index is 4.87. The molecule has 2 aromatic rings. The number of guanidine groups is 1. The minimum Gasteiger partial charge on any atom is -0.357 e. The highest BCUT2D eigenvalue weighted by Crippen LogP contribution is 2.17. The Kier molecular flexibility index (Phi) is 11.0. The van der Waals surface area contributed by atoms with Crippen molar-refractivity contribution >= 4 is 29.9 Å². The molecule has 0 radical (unpaired) electrons. The van der Waals surface area contributed by atoms with Gasteiger partial charge in [0.05, 0.1) is 12.2 Å². The second-order valence-corrected chi connectivity index (χ2v) is 8.88. The van der Waals surface area contributed by atoms with E-state index in [2.05, 4.69) is 99.8 Å². The molecule has 2 atom stereocenters. The van der Waals surface area contributed by atoms with Crippen LogP contribution in [-0.4, -0.2) is 40.4 Å². The molecule has 0 spiro atoms. The highest BCUT2D eigenvalue weighted by molar-refractivity contribution is 14.0. The molecule has 0 aliphatic heterocycles. The number of aryl methyl sites for hydroxylation is 2. The van der Waals surface area contributed by atoms with E-state index in [1.165, 1.54) is 16.8 Å². The lowest BCUT2D eigenvalue weighted by atomic mass is 10.0. The van der Waals surface area contributed by atoms with Gasteiger partial charge in [0.15, 0.2) is 5.96 Å². The summed E-state index contributed by atoms with van der Waals surface area (Å²) in [6.07, 6.45) is 0.919. The average molecular weight is 541 g/mol. The number of hydrogen-bond acceptors (Lipinski definition) is 3. The summed E-state index contributed by atoms with van der Waals surface area (Å²) in [5, 5.41) is 15.2. The second-order valence-electron chi connectivity index (χ2n) is 8.88. The van der Waals surface area contributed by atoms with Crippen LogP contribution in [0.3, 0.4) is 0 Å². The standard InChI is InChI=1S/C24H40N6.HI/c1-9-25-23(27-17(2)15-22-19(4)29-30(8)20(22)5)26-16-24(6,7)28-18(3)21-13-11-10-12-14-21;/h10-14,17-18,28H,9,15-16H2,1-8H3,(H2,25,26,27);1H. The molecular formula is C24H41IN6. The Hall–Kier alpha value is -1.61. The van der Waals surface area contributed by atoms with Gasteiger partial charge in [-0.05, 0) is 66.0 Å². The molecule has 1 heterocycles. The number of benzene rings is 1. The molecule has 3 N–H and O–H groups in total. The van der Waals surface area contributed by atoms with E-state index in [9.17, 15) is 0 Å². The van der Waals surface area contributed by atoms with E-state index in [1.54, 1.807) is 0 Å². The average Bonchev–Trinajstić information content (AvgIpc) is 2.93. The Bertz CT molecular complexity index is 828. The second kappa shape index (κ2) is 12.4. The molecule has 0 fully saturated rings. The molecule has 31 heavy (non-hydrogen) atoms. The van der Waals surface area contributed by atoms with Gasteiger partial charge >= 0.3 is 0 Å². The number of nitrogens with one attached hydrogen (secondary N) is 3. The topological polar surface area (TPSA) is 66.3 Å². The molecule has 0 aliphatic rings. The van der Waals surface area contributed by atoms with E-state index >= 15 is 0 Å². The molecular weight excluding hydrogens is 499 g/mol. The Morgan fingerprint density at radius 1 is 1.16 bits per heavy atom. The zero-order valence-electron chi connectivity index (χ0n) is 20.4. The van der Waals surface area contributed by atoms with Crippen molar-refractivity contribution in [1.82, 2.24) is 25.7 Å². The van der Waals surface area contributed by atoms with Gasteiger partial charge in [0.2, 0.25) is 0 Å². The van der Waals surface area contributed by atoms with E-state index in [0.717, 1.165) is 24.6 Å². The lowest BCUT2D eigenvalue weighted by molar-refractivity contribution is 0.356. The summed E-state index contributed by atoms with van der Waals surface area (Å²) in [4.78, 5) is 4.87. The van der Waals surface area contributed by atoms with Crippen molar-refractivity contribution in [1.29, 1.82) is 0 Å². The summed E-state index contributed by atoms with van der Waals surface area (Å²) in [7, 11) is 2.00. The van der Waals surface area contributed by atoms with E-state index in [1.807, 2.05) is 11.7 Å². The number of nitrogens with zero attached hydrogens (tertiary/aromatic N) is 3. The van der Waals surface area contributed by atoms with Gasteiger partial charge in [-0.2, -0.15) is 5.10 Å². The van der Waals surface area contributed by atoms with Crippen molar-refractivity contribution < 1.29 is 0 Å². The third kappa shape index (κ3) is 8.44. The van der Waals surface area contributed by atoms with Crippen LogP contribution in [0.2, 0.25) is 0 Å². The minimum atomic E-state index is -0.128. The van der Waals surface area contributed by atoms with Crippen molar-refractivity contribution in [3.8, 4) is 0 Å². The smallest absolute Gasteiger partial charge is 0.191 e. The minimum absolute atomic E-state index is 0.